The summed E-state index contributed by atoms with van der Waals surface area (Å²) in [5.74, 6) is -0.648. The lowest BCUT2D eigenvalue weighted by molar-refractivity contribution is -0.00476. The van der Waals surface area contributed by atoms with Crippen LogP contribution in [0.1, 0.15) is 22.5 Å². The lowest BCUT2D eigenvalue weighted by Gasteiger charge is -2.34. The van der Waals surface area contributed by atoms with E-state index in [2.05, 4.69) is 4.98 Å². The molecule has 0 aliphatic carbocycles. The van der Waals surface area contributed by atoms with Crippen molar-refractivity contribution < 1.29 is 15.0 Å². The number of β-amino-alcohol motifs (C(OH)–C–C–N with tert-alkyl or cyclic N) is 1. The van der Waals surface area contributed by atoms with Crippen LogP contribution < -0.4 is 11.2 Å². The van der Waals surface area contributed by atoms with E-state index in [0.29, 0.717) is 29.6 Å². The van der Waals surface area contributed by atoms with Crippen molar-refractivity contribution >= 4 is 16.8 Å². The van der Waals surface area contributed by atoms with Crippen molar-refractivity contribution in [3.63, 3.8) is 0 Å². The minimum atomic E-state index is -0.568. The number of pyridine rings is 1. The van der Waals surface area contributed by atoms with Crippen molar-refractivity contribution in [3.8, 4) is 0 Å². The summed E-state index contributed by atoms with van der Waals surface area (Å²) in [5.41, 5.74) is 6.76. The lowest BCUT2D eigenvalue weighted by atomic mass is 9.95. The summed E-state index contributed by atoms with van der Waals surface area (Å²) in [4.78, 5) is 28.8. The summed E-state index contributed by atoms with van der Waals surface area (Å²) in [6.45, 7) is 1.72. The van der Waals surface area contributed by atoms with Crippen LogP contribution in [0.5, 0.6) is 0 Å². The maximum absolute atomic E-state index is 12.3. The van der Waals surface area contributed by atoms with Crippen LogP contribution in [0.15, 0.2) is 29.1 Å². The monoisotopic (exact) mass is 331 g/mol. The number of hydrogen-bond donors (Lipinski definition) is 4. The summed E-state index contributed by atoms with van der Waals surface area (Å²) >= 11 is 0. The molecule has 2 aromatic rings. The number of nitrogens with zero attached hydrogens (tertiary/aromatic N) is 1. The first-order chi connectivity index (χ1) is 11.5. The largest absolute Gasteiger partial charge is 0.396 e. The Labute approximate surface area is 138 Å². The number of primary amides is 1. The third-order valence-corrected chi connectivity index (χ3v) is 4.60. The normalized spacial score (nSPS) is 21.9. The van der Waals surface area contributed by atoms with Gasteiger partial charge in [0.1, 0.15) is 0 Å². The zero-order valence-corrected chi connectivity index (χ0v) is 13.2. The Morgan fingerprint density at radius 3 is 2.83 bits per heavy atom. The van der Waals surface area contributed by atoms with E-state index in [9.17, 15) is 19.8 Å². The second-order valence-electron chi connectivity index (χ2n) is 6.32. The van der Waals surface area contributed by atoms with Gasteiger partial charge in [0.2, 0.25) is 5.91 Å². The number of carbonyl (C=O) groups is 1. The summed E-state index contributed by atoms with van der Waals surface area (Å²) in [5, 5.41) is 19.6. The highest BCUT2D eigenvalue weighted by Crippen LogP contribution is 2.19. The zero-order valence-electron chi connectivity index (χ0n) is 13.2. The van der Waals surface area contributed by atoms with E-state index in [-0.39, 0.29) is 18.0 Å². The fourth-order valence-electron chi connectivity index (χ4n) is 3.18. The Hall–Kier alpha value is -2.22. The molecule has 0 saturated carbocycles. The van der Waals surface area contributed by atoms with Gasteiger partial charge in [-0.3, -0.25) is 14.5 Å². The SMILES string of the molecule is NC(=O)c1ccc2[nH]c(CN3CC[C@H](CO)[C@H](O)C3)cc(=O)c2c1. The highest BCUT2D eigenvalue weighted by Gasteiger charge is 2.27. The van der Waals surface area contributed by atoms with Crippen molar-refractivity contribution in [3.05, 3.63) is 45.7 Å². The van der Waals surface area contributed by atoms with Gasteiger partial charge in [0.05, 0.1) is 6.10 Å². The fraction of sp³-hybridized carbons (Fsp3) is 0.412. The molecule has 0 radical (unpaired) electrons. The number of hydrogen-bond acceptors (Lipinski definition) is 5. The minimum absolute atomic E-state index is 0.00991. The fourth-order valence-corrected chi connectivity index (χ4v) is 3.18. The standard InChI is InChI=1S/C17H21N3O4/c18-17(24)10-1-2-14-13(5-10)15(22)6-12(19-14)7-20-4-3-11(9-21)16(23)8-20/h1-2,5-6,11,16,21,23H,3-4,7-9H2,(H2,18,24)(H,19,22)/t11-,16-/m1/s1. The number of aliphatic hydroxyl groups excluding tert-OH is 2. The maximum atomic E-state index is 12.3. The molecule has 1 saturated heterocycles. The van der Waals surface area contributed by atoms with Crippen molar-refractivity contribution in [2.45, 2.75) is 19.1 Å². The van der Waals surface area contributed by atoms with Crippen molar-refractivity contribution in [2.75, 3.05) is 19.7 Å². The lowest BCUT2D eigenvalue weighted by Crippen LogP contribution is -2.44. The van der Waals surface area contributed by atoms with Crippen molar-refractivity contribution in [1.29, 1.82) is 0 Å². The number of amides is 1. The number of aliphatic hydroxyl groups is 2. The van der Waals surface area contributed by atoms with Gasteiger partial charge in [0.25, 0.3) is 0 Å². The molecule has 2 heterocycles. The smallest absolute Gasteiger partial charge is 0.248 e. The minimum Gasteiger partial charge on any atom is -0.396 e. The number of benzene rings is 1. The molecule has 128 valence electrons. The van der Waals surface area contributed by atoms with E-state index in [1.807, 2.05) is 4.90 Å². The number of likely N-dealkylation sites (tertiary alicyclic amines) is 1. The number of fused-ring (bicyclic) bond motifs is 1. The quantitative estimate of drug-likeness (QED) is 0.619. The molecule has 1 aromatic carbocycles. The molecule has 7 nitrogen and oxygen atoms in total. The van der Waals surface area contributed by atoms with Crippen LogP contribution in [0, 0.1) is 5.92 Å². The molecule has 0 bridgehead atoms. The van der Waals surface area contributed by atoms with Crippen LogP contribution in [0.2, 0.25) is 0 Å². The van der Waals surface area contributed by atoms with E-state index >= 15 is 0 Å². The van der Waals surface area contributed by atoms with Gasteiger partial charge in [0.15, 0.2) is 5.43 Å². The Bertz CT molecular complexity index is 817. The third kappa shape index (κ3) is 3.33. The number of aromatic amines is 1. The predicted molar refractivity (Wildman–Crippen MR) is 89.6 cm³/mol. The van der Waals surface area contributed by atoms with Gasteiger partial charge in [-0.05, 0) is 31.2 Å². The molecule has 1 amide bonds. The molecular weight excluding hydrogens is 310 g/mol. The zero-order chi connectivity index (χ0) is 17.3. The van der Waals surface area contributed by atoms with Crippen LogP contribution in [0.4, 0.5) is 0 Å². The summed E-state index contributed by atoms with van der Waals surface area (Å²) in [7, 11) is 0. The van der Waals surface area contributed by atoms with E-state index < -0.39 is 12.0 Å². The molecule has 7 heteroatoms. The average Bonchev–Trinajstić information content (AvgIpc) is 2.54. The van der Waals surface area contributed by atoms with Gasteiger partial charge in [0, 0.05) is 53.8 Å². The van der Waals surface area contributed by atoms with Gasteiger partial charge in [-0.25, -0.2) is 0 Å². The summed E-state index contributed by atoms with van der Waals surface area (Å²) in [6, 6.07) is 6.27. The number of aromatic nitrogens is 1. The van der Waals surface area contributed by atoms with Crippen molar-refractivity contribution in [1.82, 2.24) is 9.88 Å². The number of H-pyrrole nitrogens is 1. The second-order valence-corrected chi connectivity index (χ2v) is 6.32. The maximum Gasteiger partial charge on any atom is 0.248 e. The van der Waals surface area contributed by atoms with E-state index in [4.69, 9.17) is 5.73 Å². The van der Waals surface area contributed by atoms with E-state index in [1.54, 1.807) is 12.1 Å². The Morgan fingerprint density at radius 1 is 1.38 bits per heavy atom. The Balaban J connectivity index is 1.82. The molecule has 1 aliphatic rings. The number of carbonyl (C=O) groups excluding carboxylic acids is 1. The molecule has 3 rings (SSSR count). The van der Waals surface area contributed by atoms with Gasteiger partial charge < -0.3 is 20.9 Å². The van der Waals surface area contributed by atoms with Crippen LogP contribution in [-0.4, -0.2) is 51.8 Å². The molecular formula is C17H21N3O4. The average molecular weight is 331 g/mol. The van der Waals surface area contributed by atoms with E-state index in [1.165, 1.54) is 12.1 Å². The van der Waals surface area contributed by atoms with Crippen LogP contribution in [0.25, 0.3) is 10.9 Å². The van der Waals surface area contributed by atoms with Gasteiger partial charge in [-0.15, -0.1) is 0 Å². The van der Waals surface area contributed by atoms with Crippen LogP contribution >= 0.6 is 0 Å². The van der Waals surface area contributed by atoms with Crippen molar-refractivity contribution in [2.24, 2.45) is 11.7 Å². The first-order valence-corrected chi connectivity index (χ1v) is 7.95. The highest BCUT2D eigenvalue weighted by molar-refractivity contribution is 5.96. The van der Waals surface area contributed by atoms with Crippen LogP contribution in [0.3, 0.4) is 0 Å². The Kier molecular flexibility index (Phi) is 4.66. The molecule has 1 fully saturated rings. The van der Waals surface area contributed by atoms with Gasteiger partial charge in [-0.1, -0.05) is 0 Å². The molecule has 0 spiro atoms. The van der Waals surface area contributed by atoms with E-state index in [0.717, 1.165) is 18.7 Å². The molecule has 24 heavy (non-hydrogen) atoms. The van der Waals surface area contributed by atoms with Gasteiger partial charge >= 0.3 is 0 Å². The summed E-state index contributed by atoms with van der Waals surface area (Å²) in [6.07, 6.45) is 0.159. The second kappa shape index (κ2) is 6.72. The third-order valence-electron chi connectivity index (χ3n) is 4.60. The predicted octanol–water partition coefficient (Wildman–Crippen LogP) is -0.198. The first-order valence-electron chi connectivity index (χ1n) is 7.95. The highest BCUT2D eigenvalue weighted by atomic mass is 16.3. The molecule has 2 atom stereocenters. The topological polar surface area (TPSA) is 120 Å². The number of nitrogens with two attached hydrogens (primary N) is 1. The summed E-state index contributed by atoms with van der Waals surface area (Å²) < 4.78 is 0. The molecule has 1 aliphatic heterocycles. The number of piperidine rings is 1. The first kappa shape index (κ1) is 16.6. The Morgan fingerprint density at radius 2 is 2.17 bits per heavy atom. The molecule has 0 unspecified atom stereocenters. The molecule has 1 aromatic heterocycles. The van der Waals surface area contributed by atoms with Gasteiger partial charge in [-0.2, -0.15) is 0 Å². The molecule has 5 N–H and O–H groups in total. The number of nitrogens with one attached hydrogen (secondary N) is 1. The number of rotatable bonds is 4. The van der Waals surface area contributed by atoms with Crippen LogP contribution in [-0.2, 0) is 6.54 Å².